The minimum Gasteiger partial charge on any atom is -0.312 e. The third-order valence-corrected chi connectivity index (χ3v) is 4.34. The van der Waals surface area contributed by atoms with E-state index in [1.807, 2.05) is 13.8 Å². The molecule has 0 radical (unpaired) electrons. The SMILES string of the molecule is CNC(Cc1cc(C)cc(C)c1)c1cnc(C(F)(F)F)s1. The summed E-state index contributed by atoms with van der Waals surface area (Å²) in [5.74, 6) is 0. The minimum absolute atomic E-state index is 0.167. The standard InChI is InChI=1S/C15H17F3N2S/c1-9-4-10(2)6-11(5-9)7-12(19-3)13-8-20-14(21-13)15(16,17)18/h4-6,8,12,19H,7H2,1-3H3. The molecular weight excluding hydrogens is 297 g/mol. The van der Waals surface area contributed by atoms with E-state index in [1.54, 1.807) is 7.05 Å². The van der Waals surface area contributed by atoms with Gasteiger partial charge in [-0.25, -0.2) is 4.98 Å². The van der Waals surface area contributed by atoms with Crippen LogP contribution in [-0.2, 0) is 12.6 Å². The average Bonchev–Trinajstić information content (AvgIpc) is 2.84. The lowest BCUT2D eigenvalue weighted by Gasteiger charge is -2.15. The zero-order valence-electron chi connectivity index (χ0n) is 12.1. The fraction of sp³-hybridized carbons (Fsp3) is 0.400. The molecule has 1 N–H and O–H groups in total. The summed E-state index contributed by atoms with van der Waals surface area (Å²) in [5.41, 5.74) is 3.41. The van der Waals surface area contributed by atoms with Gasteiger partial charge < -0.3 is 5.32 Å². The Labute approximate surface area is 126 Å². The van der Waals surface area contributed by atoms with E-state index in [1.165, 1.54) is 6.20 Å². The summed E-state index contributed by atoms with van der Waals surface area (Å²) in [6.07, 6.45) is -2.42. The van der Waals surface area contributed by atoms with Crippen molar-refractivity contribution in [2.45, 2.75) is 32.5 Å². The molecule has 0 saturated carbocycles. The van der Waals surface area contributed by atoms with E-state index in [9.17, 15) is 13.2 Å². The molecule has 2 aromatic rings. The molecule has 2 rings (SSSR count). The van der Waals surface area contributed by atoms with Crippen LogP contribution < -0.4 is 5.32 Å². The van der Waals surface area contributed by atoms with Gasteiger partial charge in [0.15, 0.2) is 5.01 Å². The number of nitrogens with one attached hydrogen (secondary N) is 1. The lowest BCUT2D eigenvalue weighted by molar-refractivity contribution is -0.137. The summed E-state index contributed by atoms with van der Waals surface area (Å²) < 4.78 is 37.9. The third kappa shape index (κ3) is 4.04. The predicted octanol–water partition coefficient (Wildman–Crippen LogP) is 4.28. The highest BCUT2D eigenvalue weighted by atomic mass is 32.1. The molecule has 0 aliphatic heterocycles. The van der Waals surface area contributed by atoms with E-state index in [4.69, 9.17) is 0 Å². The fourth-order valence-corrected chi connectivity index (χ4v) is 3.24. The first-order chi connectivity index (χ1) is 9.79. The Morgan fingerprint density at radius 1 is 1.19 bits per heavy atom. The highest BCUT2D eigenvalue weighted by molar-refractivity contribution is 7.11. The number of hydrogen-bond donors (Lipinski definition) is 1. The van der Waals surface area contributed by atoms with Crippen LogP contribution in [0.4, 0.5) is 13.2 Å². The van der Waals surface area contributed by atoms with Gasteiger partial charge >= 0.3 is 6.18 Å². The minimum atomic E-state index is -4.37. The van der Waals surface area contributed by atoms with E-state index in [0.29, 0.717) is 22.6 Å². The molecule has 21 heavy (non-hydrogen) atoms. The molecule has 1 unspecified atom stereocenters. The van der Waals surface area contributed by atoms with Crippen LogP contribution in [0.3, 0.4) is 0 Å². The van der Waals surface area contributed by atoms with Gasteiger partial charge in [0.2, 0.25) is 0 Å². The van der Waals surface area contributed by atoms with E-state index in [2.05, 4.69) is 28.5 Å². The molecule has 0 spiro atoms. The Bertz CT molecular complexity index is 599. The maximum Gasteiger partial charge on any atom is 0.443 e. The normalized spacial score (nSPS) is 13.4. The molecule has 0 fully saturated rings. The van der Waals surface area contributed by atoms with Crippen molar-refractivity contribution in [3.8, 4) is 0 Å². The van der Waals surface area contributed by atoms with E-state index in [0.717, 1.165) is 16.7 Å². The van der Waals surface area contributed by atoms with Crippen molar-refractivity contribution in [3.63, 3.8) is 0 Å². The maximum atomic E-state index is 12.6. The van der Waals surface area contributed by atoms with Gasteiger partial charge in [0, 0.05) is 17.1 Å². The maximum absolute atomic E-state index is 12.6. The number of hydrogen-bond acceptors (Lipinski definition) is 3. The van der Waals surface area contributed by atoms with Crippen LogP contribution in [0.1, 0.15) is 32.6 Å². The van der Waals surface area contributed by atoms with Crippen LogP contribution >= 0.6 is 11.3 Å². The van der Waals surface area contributed by atoms with E-state index in [-0.39, 0.29) is 6.04 Å². The highest BCUT2D eigenvalue weighted by Gasteiger charge is 2.35. The van der Waals surface area contributed by atoms with Crippen molar-refractivity contribution in [3.05, 3.63) is 51.0 Å². The van der Waals surface area contributed by atoms with Crippen LogP contribution in [0.2, 0.25) is 0 Å². The van der Waals surface area contributed by atoms with Crippen LogP contribution in [-0.4, -0.2) is 12.0 Å². The van der Waals surface area contributed by atoms with Crippen molar-refractivity contribution >= 4 is 11.3 Å². The molecular formula is C15H17F3N2S. The van der Waals surface area contributed by atoms with Crippen molar-refractivity contribution in [2.75, 3.05) is 7.05 Å². The number of likely N-dealkylation sites (N-methyl/N-ethyl adjacent to an activating group) is 1. The van der Waals surface area contributed by atoms with Gasteiger partial charge in [-0.2, -0.15) is 13.2 Å². The van der Waals surface area contributed by atoms with Crippen LogP contribution in [0.5, 0.6) is 0 Å². The number of aryl methyl sites for hydroxylation is 2. The van der Waals surface area contributed by atoms with Gasteiger partial charge in [0.05, 0.1) is 0 Å². The fourth-order valence-electron chi connectivity index (χ4n) is 2.35. The van der Waals surface area contributed by atoms with Crippen molar-refractivity contribution in [1.29, 1.82) is 0 Å². The molecule has 1 aromatic carbocycles. The quantitative estimate of drug-likeness (QED) is 0.911. The number of alkyl halides is 3. The van der Waals surface area contributed by atoms with Crippen LogP contribution in [0.15, 0.2) is 24.4 Å². The number of thiazole rings is 1. The largest absolute Gasteiger partial charge is 0.443 e. The molecule has 114 valence electrons. The molecule has 1 atom stereocenters. The van der Waals surface area contributed by atoms with Crippen LogP contribution in [0, 0.1) is 13.8 Å². The molecule has 0 saturated heterocycles. The van der Waals surface area contributed by atoms with Gasteiger partial charge in [-0.1, -0.05) is 29.3 Å². The average molecular weight is 314 g/mol. The Balaban J connectivity index is 2.22. The molecule has 0 bridgehead atoms. The predicted molar refractivity (Wildman–Crippen MR) is 78.5 cm³/mol. The topological polar surface area (TPSA) is 24.9 Å². The second-order valence-corrected chi connectivity index (χ2v) is 6.17. The summed E-state index contributed by atoms with van der Waals surface area (Å²) in [6, 6.07) is 6.03. The summed E-state index contributed by atoms with van der Waals surface area (Å²) in [6.45, 7) is 4.03. The number of nitrogens with zero attached hydrogens (tertiary/aromatic N) is 1. The summed E-state index contributed by atoms with van der Waals surface area (Å²) in [5, 5.41) is 2.28. The summed E-state index contributed by atoms with van der Waals surface area (Å²) in [4.78, 5) is 4.09. The third-order valence-electron chi connectivity index (χ3n) is 3.18. The monoisotopic (exact) mass is 314 g/mol. The first-order valence-corrected chi connectivity index (χ1v) is 7.38. The van der Waals surface area contributed by atoms with Gasteiger partial charge in [-0.3, -0.25) is 0 Å². The Morgan fingerprint density at radius 3 is 2.29 bits per heavy atom. The first-order valence-electron chi connectivity index (χ1n) is 6.57. The number of benzene rings is 1. The van der Waals surface area contributed by atoms with E-state index >= 15 is 0 Å². The number of aromatic nitrogens is 1. The Hall–Kier alpha value is -1.40. The molecule has 2 nitrogen and oxygen atoms in total. The van der Waals surface area contributed by atoms with Crippen LogP contribution in [0.25, 0.3) is 0 Å². The first kappa shape index (κ1) is 16.0. The lowest BCUT2D eigenvalue weighted by atomic mass is 10.0. The van der Waals surface area contributed by atoms with Gasteiger partial charge in [-0.15, -0.1) is 11.3 Å². The van der Waals surface area contributed by atoms with Gasteiger partial charge in [0.25, 0.3) is 0 Å². The molecule has 0 amide bonds. The van der Waals surface area contributed by atoms with Crippen molar-refractivity contribution < 1.29 is 13.2 Å². The molecule has 0 aliphatic carbocycles. The van der Waals surface area contributed by atoms with Crippen molar-refractivity contribution in [1.82, 2.24) is 10.3 Å². The smallest absolute Gasteiger partial charge is 0.312 e. The number of rotatable bonds is 4. The lowest BCUT2D eigenvalue weighted by Crippen LogP contribution is -2.17. The van der Waals surface area contributed by atoms with Crippen molar-refractivity contribution in [2.24, 2.45) is 0 Å². The molecule has 1 heterocycles. The second-order valence-electron chi connectivity index (χ2n) is 5.11. The Kier molecular flexibility index (Phi) is 4.68. The summed E-state index contributed by atoms with van der Waals surface area (Å²) >= 11 is 0.702. The zero-order chi connectivity index (χ0) is 15.6. The summed E-state index contributed by atoms with van der Waals surface area (Å²) in [7, 11) is 1.75. The van der Waals surface area contributed by atoms with E-state index < -0.39 is 11.2 Å². The highest BCUT2D eigenvalue weighted by Crippen LogP contribution is 2.35. The molecule has 6 heteroatoms. The second kappa shape index (κ2) is 6.15. The Morgan fingerprint density at radius 2 is 1.81 bits per heavy atom. The van der Waals surface area contributed by atoms with Gasteiger partial charge in [-0.05, 0) is 32.9 Å². The molecule has 1 aromatic heterocycles. The van der Waals surface area contributed by atoms with Gasteiger partial charge in [0.1, 0.15) is 0 Å². The zero-order valence-corrected chi connectivity index (χ0v) is 12.9. The number of halogens is 3. The molecule has 0 aliphatic rings.